The van der Waals surface area contributed by atoms with Crippen molar-refractivity contribution < 1.29 is 19.5 Å². The van der Waals surface area contributed by atoms with Gasteiger partial charge in [0, 0.05) is 35.0 Å². The third kappa shape index (κ3) is 5.37. The van der Waals surface area contributed by atoms with Gasteiger partial charge in [0.2, 0.25) is 11.8 Å². The summed E-state index contributed by atoms with van der Waals surface area (Å²) in [6.45, 7) is 8.93. The number of carbonyl (C=O) groups is 3. The minimum Gasteiger partial charge on any atom is -0.389 e. The summed E-state index contributed by atoms with van der Waals surface area (Å²) in [5.41, 5.74) is 3.83. The molecule has 4 aromatic rings. The van der Waals surface area contributed by atoms with E-state index in [1.54, 1.807) is 16.8 Å². The van der Waals surface area contributed by atoms with Crippen molar-refractivity contribution in [1.82, 2.24) is 9.78 Å². The Hall–Kier alpha value is -4.56. The van der Waals surface area contributed by atoms with Crippen LogP contribution in [0.2, 0.25) is 0 Å². The van der Waals surface area contributed by atoms with Crippen LogP contribution in [-0.2, 0) is 14.4 Å². The number of rotatable bonds is 6. The first-order chi connectivity index (χ1) is 20.0. The maximum absolute atomic E-state index is 14.2. The largest absolute Gasteiger partial charge is 0.389 e. The van der Waals surface area contributed by atoms with E-state index in [0.29, 0.717) is 28.3 Å². The number of aliphatic hydroxyl groups is 1. The van der Waals surface area contributed by atoms with Crippen LogP contribution in [0.25, 0.3) is 5.69 Å². The van der Waals surface area contributed by atoms with E-state index in [0.717, 1.165) is 16.8 Å². The number of hydrogen-bond donors (Lipinski definition) is 3. The fraction of sp³-hybridized carbons (Fsp3) is 0.294. The van der Waals surface area contributed by atoms with E-state index in [1.165, 1.54) is 6.92 Å². The number of ketones is 1. The molecule has 216 valence electrons. The molecule has 0 aliphatic heterocycles. The molecule has 3 N–H and O–H groups in total. The monoisotopic (exact) mass is 564 g/mol. The highest BCUT2D eigenvalue weighted by Crippen LogP contribution is 2.48. The third-order valence-electron chi connectivity index (χ3n) is 8.32. The minimum absolute atomic E-state index is 0.341. The Morgan fingerprint density at radius 3 is 1.93 bits per heavy atom. The zero-order chi connectivity index (χ0) is 30.2. The summed E-state index contributed by atoms with van der Waals surface area (Å²) in [5.74, 6) is -4.76. The summed E-state index contributed by atoms with van der Waals surface area (Å²) in [6.07, 6.45) is -0.341. The van der Waals surface area contributed by atoms with E-state index in [2.05, 4.69) is 10.6 Å². The molecular weight excluding hydrogens is 528 g/mol. The molecule has 2 amide bonds. The van der Waals surface area contributed by atoms with Crippen LogP contribution in [0.3, 0.4) is 0 Å². The lowest BCUT2D eigenvalue weighted by molar-refractivity contribution is -0.150. The molecule has 1 aliphatic rings. The number of aryl methyl sites for hydroxylation is 3. The first-order valence-electron chi connectivity index (χ1n) is 14.1. The molecule has 0 bridgehead atoms. The Balaban J connectivity index is 1.67. The van der Waals surface area contributed by atoms with Crippen molar-refractivity contribution >= 4 is 29.0 Å². The van der Waals surface area contributed by atoms with Crippen LogP contribution in [0.4, 0.5) is 11.4 Å². The van der Waals surface area contributed by atoms with E-state index in [1.807, 2.05) is 94.4 Å². The van der Waals surface area contributed by atoms with Crippen LogP contribution < -0.4 is 10.6 Å². The predicted octanol–water partition coefficient (Wildman–Crippen LogP) is 5.42. The highest BCUT2D eigenvalue weighted by Gasteiger charge is 2.57. The standard InChI is InChI=1S/C34H36N4O4/c1-20-13-9-11-17-25(20)35-32(40)29-27(39)19-34(5,42)31(33(41)36-26-18-12-10-14-21(26)2)30(29)28-22(3)37-38(23(28)4)24-15-7-6-8-16-24/h6-18,29-31,42H,19H2,1-5H3,(H,35,40)(H,36,41)/t29-,30-,31+,34+/m1/s1. The summed E-state index contributed by atoms with van der Waals surface area (Å²) in [4.78, 5) is 42.0. The van der Waals surface area contributed by atoms with Crippen LogP contribution in [0.1, 0.15) is 47.3 Å². The fourth-order valence-corrected chi connectivity index (χ4v) is 6.25. The van der Waals surface area contributed by atoms with Gasteiger partial charge in [-0.1, -0.05) is 54.6 Å². The van der Waals surface area contributed by atoms with Crippen molar-refractivity contribution in [1.29, 1.82) is 0 Å². The first kappa shape index (κ1) is 29.0. The number of hydrogen-bond acceptors (Lipinski definition) is 5. The SMILES string of the molecule is Cc1ccccc1NC(=O)[C@@H]1C(=O)C[C@](C)(O)[C@H](C(=O)Nc2ccccc2C)[C@@H]1c1c(C)nn(-c2ccccc2)c1C. The van der Waals surface area contributed by atoms with Crippen molar-refractivity contribution in [2.75, 3.05) is 10.6 Å². The molecule has 1 heterocycles. The molecule has 8 nitrogen and oxygen atoms in total. The Kier molecular flexibility index (Phi) is 7.84. The highest BCUT2D eigenvalue weighted by atomic mass is 16.3. The molecule has 1 fully saturated rings. The highest BCUT2D eigenvalue weighted by molar-refractivity contribution is 6.10. The quantitative estimate of drug-likeness (QED) is 0.271. The van der Waals surface area contributed by atoms with E-state index >= 15 is 0 Å². The topological polar surface area (TPSA) is 113 Å². The third-order valence-corrected chi connectivity index (χ3v) is 8.32. The van der Waals surface area contributed by atoms with Gasteiger partial charge in [-0.15, -0.1) is 0 Å². The first-order valence-corrected chi connectivity index (χ1v) is 14.1. The molecule has 8 heteroatoms. The number of Topliss-reactive ketones (excluding diaryl/α,β-unsaturated/α-hetero) is 1. The second-order valence-corrected chi connectivity index (χ2v) is 11.4. The Labute approximate surface area is 245 Å². The van der Waals surface area contributed by atoms with Gasteiger partial charge in [-0.2, -0.15) is 5.10 Å². The maximum Gasteiger partial charge on any atom is 0.235 e. The molecule has 4 atom stereocenters. The molecule has 0 unspecified atom stereocenters. The Morgan fingerprint density at radius 2 is 1.36 bits per heavy atom. The van der Waals surface area contributed by atoms with Gasteiger partial charge >= 0.3 is 0 Å². The lowest BCUT2D eigenvalue weighted by Gasteiger charge is -2.44. The average Bonchev–Trinajstić information content (AvgIpc) is 3.23. The van der Waals surface area contributed by atoms with Gasteiger partial charge in [-0.25, -0.2) is 4.68 Å². The van der Waals surface area contributed by atoms with Crippen LogP contribution >= 0.6 is 0 Å². The average molecular weight is 565 g/mol. The number of carbonyl (C=O) groups excluding carboxylic acids is 3. The van der Waals surface area contributed by atoms with Gasteiger partial charge in [-0.3, -0.25) is 14.4 Å². The predicted molar refractivity (Wildman–Crippen MR) is 163 cm³/mol. The number of aromatic nitrogens is 2. The lowest BCUT2D eigenvalue weighted by atomic mass is 9.60. The smallest absolute Gasteiger partial charge is 0.235 e. The Bertz CT molecular complexity index is 1660. The second kappa shape index (κ2) is 11.4. The summed E-state index contributed by atoms with van der Waals surface area (Å²) in [7, 11) is 0. The lowest BCUT2D eigenvalue weighted by Crippen LogP contribution is -2.56. The van der Waals surface area contributed by atoms with E-state index in [9.17, 15) is 19.5 Å². The van der Waals surface area contributed by atoms with E-state index in [4.69, 9.17) is 5.10 Å². The second-order valence-electron chi connectivity index (χ2n) is 11.4. The van der Waals surface area contributed by atoms with Gasteiger partial charge in [0.05, 0.1) is 22.9 Å². The molecule has 0 saturated heterocycles. The molecule has 1 aromatic heterocycles. The summed E-state index contributed by atoms with van der Waals surface area (Å²) < 4.78 is 1.76. The van der Waals surface area contributed by atoms with Gasteiger partial charge in [0.25, 0.3) is 0 Å². The van der Waals surface area contributed by atoms with Gasteiger partial charge < -0.3 is 15.7 Å². The van der Waals surface area contributed by atoms with Crippen LogP contribution in [0.5, 0.6) is 0 Å². The van der Waals surface area contributed by atoms with E-state index in [-0.39, 0.29) is 6.42 Å². The van der Waals surface area contributed by atoms with Gasteiger partial charge in [-0.05, 0) is 70.0 Å². The number of amides is 2. The van der Waals surface area contributed by atoms with Crippen LogP contribution in [0.15, 0.2) is 78.9 Å². The molecular formula is C34H36N4O4. The van der Waals surface area contributed by atoms with Crippen molar-refractivity contribution in [3.8, 4) is 5.69 Å². The zero-order valence-corrected chi connectivity index (χ0v) is 24.5. The molecule has 0 spiro atoms. The van der Waals surface area contributed by atoms with Gasteiger partial charge in [0.1, 0.15) is 11.7 Å². The molecule has 1 saturated carbocycles. The number of anilines is 2. The zero-order valence-electron chi connectivity index (χ0n) is 24.5. The number of nitrogens with one attached hydrogen (secondary N) is 2. The summed E-state index contributed by atoms with van der Waals surface area (Å²) in [5, 5.41) is 22.4. The number of nitrogens with zero attached hydrogens (tertiary/aromatic N) is 2. The molecule has 3 aromatic carbocycles. The normalized spacial score (nSPS) is 22.0. The molecule has 0 radical (unpaired) electrons. The van der Waals surface area contributed by atoms with Crippen molar-refractivity contribution in [3.05, 3.63) is 107 Å². The molecule has 42 heavy (non-hydrogen) atoms. The van der Waals surface area contributed by atoms with Crippen LogP contribution in [0, 0.1) is 39.5 Å². The maximum atomic E-state index is 14.2. The van der Waals surface area contributed by atoms with Crippen molar-refractivity contribution in [3.63, 3.8) is 0 Å². The van der Waals surface area contributed by atoms with Crippen molar-refractivity contribution in [2.45, 2.75) is 52.6 Å². The number of benzene rings is 3. The molecule has 1 aliphatic carbocycles. The summed E-state index contributed by atoms with van der Waals surface area (Å²) in [6, 6.07) is 24.2. The fourth-order valence-electron chi connectivity index (χ4n) is 6.25. The number of para-hydroxylation sites is 3. The van der Waals surface area contributed by atoms with E-state index < -0.39 is 41.0 Å². The molecule has 5 rings (SSSR count). The Morgan fingerprint density at radius 1 is 0.833 bits per heavy atom. The van der Waals surface area contributed by atoms with Crippen LogP contribution in [-0.4, -0.2) is 38.1 Å². The van der Waals surface area contributed by atoms with Crippen molar-refractivity contribution in [2.24, 2.45) is 11.8 Å². The van der Waals surface area contributed by atoms with Gasteiger partial charge in [0.15, 0.2) is 0 Å². The minimum atomic E-state index is -1.72. The summed E-state index contributed by atoms with van der Waals surface area (Å²) >= 11 is 0.